The first kappa shape index (κ1) is 17.5. The Morgan fingerprint density at radius 1 is 1.43 bits per heavy atom. The van der Waals surface area contributed by atoms with E-state index >= 15 is 0 Å². The number of nitriles is 1. The van der Waals surface area contributed by atoms with Gasteiger partial charge in [0.15, 0.2) is 5.75 Å². The van der Waals surface area contributed by atoms with Crippen LogP contribution in [0.3, 0.4) is 0 Å². The second-order valence-electron chi connectivity index (χ2n) is 4.64. The van der Waals surface area contributed by atoms with E-state index in [1.807, 2.05) is 13.8 Å². The minimum atomic E-state index is -0.584. The lowest BCUT2D eigenvalue weighted by Crippen LogP contribution is -2.34. The molecule has 0 amide bonds. The lowest BCUT2D eigenvalue weighted by Gasteiger charge is -2.15. The zero-order valence-electron chi connectivity index (χ0n) is 11.6. The Labute approximate surface area is 132 Å². The van der Waals surface area contributed by atoms with Crippen molar-refractivity contribution in [1.29, 1.82) is 5.26 Å². The minimum Gasteiger partial charge on any atom is -0.490 e. The van der Waals surface area contributed by atoms with Gasteiger partial charge in [-0.3, -0.25) is 15.4 Å². The summed E-state index contributed by atoms with van der Waals surface area (Å²) in [6.45, 7) is 4.10. The first-order valence-electron chi connectivity index (χ1n) is 6.27. The molecule has 1 unspecified atom stereocenters. The average Bonchev–Trinajstić information content (AvgIpc) is 2.39. The maximum absolute atomic E-state index is 10.7. The van der Waals surface area contributed by atoms with Gasteiger partial charge in [-0.25, -0.2) is 0 Å². The average molecular weight is 332 g/mol. The van der Waals surface area contributed by atoms with E-state index in [2.05, 4.69) is 11.4 Å². The van der Waals surface area contributed by atoms with Crippen molar-refractivity contribution < 1.29 is 9.66 Å². The number of rotatable bonds is 7. The van der Waals surface area contributed by atoms with E-state index < -0.39 is 4.92 Å². The highest BCUT2D eigenvalue weighted by Gasteiger charge is 2.16. The standard InChI is InChI=1S/C13H15Cl2N3O3/c1-8(2)17-9(7-16)3-4-21-13-11(14)5-10(18(19)20)6-12(13)15/h5-6,8-9,17H,3-4H2,1-2H3. The third-order valence-corrected chi connectivity index (χ3v) is 3.10. The second-order valence-corrected chi connectivity index (χ2v) is 5.45. The van der Waals surface area contributed by atoms with E-state index in [9.17, 15) is 10.1 Å². The Balaban J connectivity index is 2.68. The van der Waals surface area contributed by atoms with Crippen molar-refractivity contribution >= 4 is 28.9 Å². The van der Waals surface area contributed by atoms with Crippen molar-refractivity contribution in [2.45, 2.75) is 32.4 Å². The van der Waals surface area contributed by atoms with Gasteiger partial charge in [-0.2, -0.15) is 5.26 Å². The molecule has 1 aromatic rings. The maximum atomic E-state index is 10.7. The number of nitro benzene ring substituents is 1. The summed E-state index contributed by atoms with van der Waals surface area (Å²) >= 11 is 11.8. The number of nitrogens with zero attached hydrogens (tertiary/aromatic N) is 2. The monoisotopic (exact) mass is 331 g/mol. The molecule has 0 aromatic heterocycles. The molecule has 0 saturated carbocycles. The number of benzene rings is 1. The van der Waals surface area contributed by atoms with Crippen LogP contribution in [0.1, 0.15) is 20.3 Å². The van der Waals surface area contributed by atoms with Crippen LogP contribution in [0.2, 0.25) is 10.0 Å². The van der Waals surface area contributed by atoms with Crippen LogP contribution in [0.15, 0.2) is 12.1 Å². The van der Waals surface area contributed by atoms with Crippen molar-refractivity contribution in [2.75, 3.05) is 6.61 Å². The highest BCUT2D eigenvalue weighted by Crippen LogP contribution is 2.36. The molecule has 1 rings (SSSR count). The molecule has 0 aliphatic heterocycles. The van der Waals surface area contributed by atoms with Gasteiger partial charge in [0.1, 0.15) is 0 Å². The molecule has 0 bridgehead atoms. The lowest BCUT2D eigenvalue weighted by molar-refractivity contribution is -0.384. The Bertz CT molecular complexity index is 535. The molecule has 6 nitrogen and oxygen atoms in total. The molecule has 1 aromatic carbocycles. The molecule has 1 N–H and O–H groups in total. The van der Waals surface area contributed by atoms with Gasteiger partial charge in [-0.15, -0.1) is 0 Å². The summed E-state index contributed by atoms with van der Waals surface area (Å²) in [5, 5.41) is 22.9. The number of nitro groups is 1. The third-order valence-electron chi connectivity index (χ3n) is 2.54. The van der Waals surface area contributed by atoms with E-state index in [0.29, 0.717) is 6.42 Å². The van der Waals surface area contributed by atoms with Gasteiger partial charge in [-0.05, 0) is 13.8 Å². The van der Waals surface area contributed by atoms with Crippen molar-refractivity contribution in [2.24, 2.45) is 0 Å². The van der Waals surface area contributed by atoms with E-state index in [0.717, 1.165) is 0 Å². The Morgan fingerprint density at radius 3 is 2.43 bits per heavy atom. The fourth-order valence-corrected chi connectivity index (χ4v) is 2.24. The van der Waals surface area contributed by atoms with Gasteiger partial charge in [0.25, 0.3) is 5.69 Å². The van der Waals surface area contributed by atoms with Crippen LogP contribution in [0.4, 0.5) is 5.69 Å². The van der Waals surface area contributed by atoms with Crippen LogP contribution >= 0.6 is 23.2 Å². The van der Waals surface area contributed by atoms with E-state index in [1.165, 1.54) is 12.1 Å². The predicted octanol–water partition coefficient (Wildman–Crippen LogP) is 3.56. The number of hydrogen-bond acceptors (Lipinski definition) is 5. The smallest absolute Gasteiger partial charge is 0.272 e. The topological polar surface area (TPSA) is 88.2 Å². The number of nitrogens with one attached hydrogen (secondary N) is 1. The quantitative estimate of drug-likeness (QED) is 0.609. The molecule has 1 atom stereocenters. The first-order valence-corrected chi connectivity index (χ1v) is 7.02. The second kappa shape index (κ2) is 8.03. The zero-order chi connectivity index (χ0) is 16.0. The van der Waals surface area contributed by atoms with Crippen LogP contribution < -0.4 is 10.1 Å². The molecular formula is C13H15Cl2N3O3. The molecule has 21 heavy (non-hydrogen) atoms. The number of non-ortho nitro benzene ring substituents is 1. The summed E-state index contributed by atoms with van der Waals surface area (Å²) in [6.07, 6.45) is 0.443. The fourth-order valence-electron chi connectivity index (χ4n) is 1.66. The Morgan fingerprint density at radius 2 is 2.00 bits per heavy atom. The van der Waals surface area contributed by atoms with Gasteiger partial charge >= 0.3 is 0 Å². The molecule has 0 heterocycles. The molecule has 0 saturated heterocycles. The number of ether oxygens (including phenoxy) is 1. The molecule has 0 spiro atoms. The summed E-state index contributed by atoms with van der Waals surface area (Å²) < 4.78 is 5.44. The summed E-state index contributed by atoms with van der Waals surface area (Å²) in [5.41, 5.74) is -0.200. The van der Waals surface area contributed by atoms with Crippen LogP contribution in [0.5, 0.6) is 5.75 Å². The minimum absolute atomic E-state index is 0.0690. The van der Waals surface area contributed by atoms with Crippen molar-refractivity contribution in [3.05, 3.63) is 32.3 Å². The van der Waals surface area contributed by atoms with Crippen LogP contribution in [-0.4, -0.2) is 23.6 Å². The molecule has 0 aliphatic rings. The molecule has 8 heteroatoms. The highest BCUT2D eigenvalue weighted by molar-refractivity contribution is 6.37. The van der Waals surface area contributed by atoms with Crippen LogP contribution in [-0.2, 0) is 0 Å². The van der Waals surface area contributed by atoms with E-state index in [1.54, 1.807) is 0 Å². The van der Waals surface area contributed by atoms with Gasteiger partial charge in [0.2, 0.25) is 0 Å². The summed E-state index contributed by atoms with van der Waals surface area (Å²) in [6, 6.07) is 4.32. The first-order chi connectivity index (χ1) is 9.85. The van der Waals surface area contributed by atoms with E-state index in [4.69, 9.17) is 33.2 Å². The van der Waals surface area contributed by atoms with Gasteiger partial charge in [0, 0.05) is 24.6 Å². The van der Waals surface area contributed by atoms with E-state index in [-0.39, 0.29) is 40.2 Å². The number of halogens is 2. The van der Waals surface area contributed by atoms with Gasteiger partial charge in [-0.1, -0.05) is 23.2 Å². The largest absolute Gasteiger partial charge is 0.490 e. The van der Waals surface area contributed by atoms with Crippen LogP contribution in [0.25, 0.3) is 0 Å². The summed E-state index contributed by atoms with van der Waals surface area (Å²) in [5.74, 6) is 0.185. The zero-order valence-corrected chi connectivity index (χ0v) is 13.1. The summed E-state index contributed by atoms with van der Waals surface area (Å²) in [4.78, 5) is 10.1. The van der Waals surface area contributed by atoms with Crippen molar-refractivity contribution in [1.82, 2.24) is 5.32 Å². The van der Waals surface area contributed by atoms with Gasteiger partial charge in [0.05, 0.1) is 33.7 Å². The predicted molar refractivity (Wildman–Crippen MR) is 80.9 cm³/mol. The summed E-state index contributed by atoms with van der Waals surface area (Å²) in [7, 11) is 0. The molecule has 0 radical (unpaired) electrons. The molecule has 0 fully saturated rings. The number of hydrogen-bond donors (Lipinski definition) is 1. The maximum Gasteiger partial charge on any atom is 0.272 e. The fraction of sp³-hybridized carbons (Fsp3) is 0.462. The highest BCUT2D eigenvalue weighted by atomic mass is 35.5. The third kappa shape index (κ3) is 5.38. The van der Waals surface area contributed by atoms with Crippen molar-refractivity contribution in [3.8, 4) is 11.8 Å². The molecule has 114 valence electrons. The molecule has 0 aliphatic carbocycles. The Hall–Kier alpha value is -1.55. The van der Waals surface area contributed by atoms with Crippen LogP contribution in [0, 0.1) is 21.4 Å². The molecular weight excluding hydrogens is 317 g/mol. The SMILES string of the molecule is CC(C)NC(C#N)CCOc1c(Cl)cc([N+](=O)[O-])cc1Cl. The van der Waals surface area contributed by atoms with Gasteiger partial charge < -0.3 is 4.74 Å². The Kier molecular flexibility index (Phi) is 6.69. The lowest BCUT2D eigenvalue weighted by atomic mass is 10.2. The van der Waals surface area contributed by atoms with Crippen molar-refractivity contribution in [3.63, 3.8) is 0 Å². The normalized spacial score (nSPS) is 12.0.